The number of hydrogen-bond donors (Lipinski definition) is 3. The Labute approximate surface area is 119 Å². The first-order valence-electron chi connectivity index (χ1n) is 5.95. The number of carbonyl (C=O) groups is 2. The van der Waals surface area contributed by atoms with Crippen molar-refractivity contribution in [2.75, 3.05) is 13.1 Å². The highest BCUT2D eigenvalue weighted by Gasteiger charge is 2.33. The van der Waals surface area contributed by atoms with Crippen molar-refractivity contribution < 1.29 is 24.9 Å². The molecule has 0 bridgehead atoms. The second kappa shape index (κ2) is 7.88. The largest absolute Gasteiger partial charge is 0.483 e. The Hall–Kier alpha value is -1.58. The first kappa shape index (κ1) is 16.5. The van der Waals surface area contributed by atoms with Gasteiger partial charge in [0.1, 0.15) is 10.0 Å². The molecule has 20 heavy (non-hydrogen) atoms. The molecule has 1 aromatic rings. The molecule has 0 aromatic carbocycles. The van der Waals surface area contributed by atoms with Crippen LogP contribution in [0.25, 0.3) is 0 Å². The van der Waals surface area contributed by atoms with Crippen molar-refractivity contribution in [2.24, 2.45) is 5.92 Å². The number of nitrogens with zero attached hydrogens (tertiary/aromatic N) is 3. The SMILES string of the molecule is Cc1nnc(CN2C[C@@H](CC(=O)O)[C@H](O)C2)s1.O=CO. The molecule has 1 aromatic heterocycles. The predicted molar refractivity (Wildman–Crippen MR) is 70.4 cm³/mol. The predicted octanol–water partition coefficient (Wildman–Crippen LogP) is -0.185. The molecule has 112 valence electrons. The molecular formula is C11H17N3O5S. The van der Waals surface area contributed by atoms with Crippen LogP contribution in [0.2, 0.25) is 0 Å². The smallest absolute Gasteiger partial charge is 0.303 e. The molecule has 0 amide bonds. The van der Waals surface area contributed by atoms with Crippen molar-refractivity contribution in [1.82, 2.24) is 15.1 Å². The number of aliphatic hydroxyl groups excluding tert-OH is 1. The van der Waals surface area contributed by atoms with Gasteiger partial charge in [0.15, 0.2) is 0 Å². The molecule has 1 aliphatic rings. The molecule has 0 unspecified atom stereocenters. The van der Waals surface area contributed by atoms with Gasteiger partial charge in [-0.15, -0.1) is 21.5 Å². The summed E-state index contributed by atoms with van der Waals surface area (Å²) in [5.41, 5.74) is 0. The van der Waals surface area contributed by atoms with Gasteiger partial charge in [-0.2, -0.15) is 0 Å². The molecule has 3 N–H and O–H groups in total. The summed E-state index contributed by atoms with van der Waals surface area (Å²) in [6.07, 6.45) is -0.535. The quantitative estimate of drug-likeness (QED) is 0.654. The highest BCUT2D eigenvalue weighted by molar-refractivity contribution is 7.11. The number of likely N-dealkylation sites (tertiary alicyclic amines) is 1. The summed E-state index contributed by atoms with van der Waals surface area (Å²) in [6, 6.07) is 0. The van der Waals surface area contributed by atoms with Crippen LogP contribution in [0, 0.1) is 12.8 Å². The van der Waals surface area contributed by atoms with E-state index in [9.17, 15) is 9.90 Å². The van der Waals surface area contributed by atoms with E-state index in [-0.39, 0.29) is 18.8 Å². The van der Waals surface area contributed by atoms with Gasteiger partial charge in [0.25, 0.3) is 6.47 Å². The minimum absolute atomic E-state index is 0.0206. The van der Waals surface area contributed by atoms with Crippen LogP contribution in [0.4, 0.5) is 0 Å². The zero-order valence-electron chi connectivity index (χ0n) is 11.0. The molecule has 1 fully saturated rings. The summed E-state index contributed by atoms with van der Waals surface area (Å²) in [5, 5.41) is 35.1. The second-order valence-electron chi connectivity index (χ2n) is 4.44. The highest BCUT2D eigenvalue weighted by atomic mass is 32.1. The van der Waals surface area contributed by atoms with Crippen LogP contribution >= 0.6 is 11.3 Å². The minimum Gasteiger partial charge on any atom is -0.483 e. The lowest BCUT2D eigenvalue weighted by Gasteiger charge is -2.12. The van der Waals surface area contributed by atoms with Gasteiger partial charge >= 0.3 is 5.97 Å². The number of carboxylic acid groups (broad SMARTS) is 2. The first-order chi connectivity index (χ1) is 9.46. The van der Waals surface area contributed by atoms with Gasteiger partial charge < -0.3 is 15.3 Å². The van der Waals surface area contributed by atoms with Crippen LogP contribution in [0.5, 0.6) is 0 Å². The van der Waals surface area contributed by atoms with E-state index in [2.05, 4.69) is 10.2 Å². The van der Waals surface area contributed by atoms with Gasteiger partial charge in [-0.05, 0) is 6.92 Å². The standard InChI is InChI=1S/C10H15N3O3S.CH2O2/c1-6-11-12-9(17-6)5-13-3-7(2-10(15)16)8(14)4-13;2-1-3/h7-8,14H,2-5H2,1H3,(H,15,16);1H,(H,2,3)/t7-,8-;/m1./s1. The zero-order chi connectivity index (χ0) is 15.1. The summed E-state index contributed by atoms with van der Waals surface area (Å²) in [4.78, 5) is 21.0. The van der Waals surface area contributed by atoms with Crippen LogP contribution in [0.1, 0.15) is 16.4 Å². The summed E-state index contributed by atoms with van der Waals surface area (Å²) in [6.45, 7) is 3.40. The summed E-state index contributed by atoms with van der Waals surface area (Å²) in [5.74, 6) is -1.04. The zero-order valence-corrected chi connectivity index (χ0v) is 11.8. The lowest BCUT2D eigenvalue weighted by Crippen LogP contribution is -2.21. The maximum Gasteiger partial charge on any atom is 0.303 e. The lowest BCUT2D eigenvalue weighted by molar-refractivity contribution is -0.138. The van der Waals surface area contributed by atoms with E-state index in [1.165, 1.54) is 11.3 Å². The molecule has 8 nitrogen and oxygen atoms in total. The third kappa shape index (κ3) is 5.19. The Bertz CT molecular complexity index is 453. The maximum atomic E-state index is 10.6. The van der Waals surface area contributed by atoms with Crippen molar-refractivity contribution in [3.63, 3.8) is 0 Å². The van der Waals surface area contributed by atoms with Crippen molar-refractivity contribution in [3.05, 3.63) is 10.0 Å². The molecule has 0 aliphatic carbocycles. The molecule has 0 spiro atoms. The number of aliphatic carboxylic acids is 1. The normalized spacial score (nSPS) is 22.1. The van der Waals surface area contributed by atoms with Crippen molar-refractivity contribution in [1.29, 1.82) is 0 Å². The second-order valence-corrected chi connectivity index (χ2v) is 5.71. The maximum absolute atomic E-state index is 10.6. The van der Waals surface area contributed by atoms with Gasteiger partial charge in [-0.3, -0.25) is 14.5 Å². The fraction of sp³-hybridized carbons (Fsp3) is 0.636. The van der Waals surface area contributed by atoms with Crippen molar-refractivity contribution in [2.45, 2.75) is 26.0 Å². The number of hydrogen-bond acceptors (Lipinski definition) is 7. The van der Waals surface area contributed by atoms with E-state index in [1.807, 2.05) is 11.8 Å². The molecule has 1 saturated heterocycles. The fourth-order valence-corrected chi connectivity index (χ4v) is 2.84. The van der Waals surface area contributed by atoms with E-state index in [0.717, 1.165) is 10.0 Å². The molecular weight excluding hydrogens is 286 g/mol. The van der Waals surface area contributed by atoms with E-state index in [0.29, 0.717) is 19.6 Å². The van der Waals surface area contributed by atoms with Gasteiger partial charge in [-0.1, -0.05) is 0 Å². The fourth-order valence-electron chi connectivity index (χ4n) is 2.09. The van der Waals surface area contributed by atoms with E-state index >= 15 is 0 Å². The van der Waals surface area contributed by atoms with E-state index < -0.39 is 12.1 Å². The molecule has 2 atom stereocenters. The Morgan fingerprint density at radius 3 is 2.65 bits per heavy atom. The van der Waals surface area contributed by atoms with Gasteiger partial charge in [0.2, 0.25) is 0 Å². The van der Waals surface area contributed by atoms with Crippen molar-refractivity contribution in [3.8, 4) is 0 Å². The Balaban J connectivity index is 0.000000612. The lowest BCUT2D eigenvalue weighted by atomic mass is 10.0. The van der Waals surface area contributed by atoms with E-state index in [1.54, 1.807) is 0 Å². The minimum atomic E-state index is -0.859. The average molecular weight is 303 g/mol. The molecule has 2 heterocycles. The number of aliphatic hydroxyl groups is 1. The van der Waals surface area contributed by atoms with Crippen LogP contribution in [-0.4, -0.2) is 62.1 Å². The Morgan fingerprint density at radius 2 is 2.15 bits per heavy atom. The number of aryl methyl sites for hydroxylation is 1. The van der Waals surface area contributed by atoms with Crippen LogP contribution in [0.3, 0.4) is 0 Å². The molecule has 0 radical (unpaired) electrons. The molecule has 1 aliphatic heterocycles. The summed E-state index contributed by atoms with van der Waals surface area (Å²) < 4.78 is 0. The summed E-state index contributed by atoms with van der Waals surface area (Å²) >= 11 is 1.53. The van der Waals surface area contributed by atoms with Crippen molar-refractivity contribution >= 4 is 23.8 Å². The highest BCUT2D eigenvalue weighted by Crippen LogP contribution is 2.22. The average Bonchev–Trinajstić information content (AvgIpc) is 2.87. The Morgan fingerprint density at radius 1 is 1.50 bits per heavy atom. The Kier molecular flexibility index (Phi) is 6.49. The van der Waals surface area contributed by atoms with Crippen LogP contribution < -0.4 is 0 Å². The third-order valence-electron chi connectivity index (χ3n) is 2.85. The molecule has 9 heteroatoms. The topological polar surface area (TPSA) is 124 Å². The summed E-state index contributed by atoms with van der Waals surface area (Å²) in [7, 11) is 0. The molecule has 0 saturated carbocycles. The first-order valence-corrected chi connectivity index (χ1v) is 6.77. The third-order valence-corrected chi connectivity index (χ3v) is 3.67. The molecule has 2 rings (SSSR count). The van der Waals surface area contributed by atoms with Gasteiger partial charge in [0, 0.05) is 19.0 Å². The monoisotopic (exact) mass is 303 g/mol. The van der Waals surface area contributed by atoms with Crippen LogP contribution in [0.15, 0.2) is 0 Å². The van der Waals surface area contributed by atoms with E-state index in [4.69, 9.17) is 15.0 Å². The number of β-amino-alcohol motifs (C(OH)–C–C–N with tert-alkyl or cyclic N) is 1. The van der Waals surface area contributed by atoms with Crippen LogP contribution in [-0.2, 0) is 16.1 Å². The number of carboxylic acids is 1. The van der Waals surface area contributed by atoms with Gasteiger partial charge in [-0.25, -0.2) is 0 Å². The van der Waals surface area contributed by atoms with Gasteiger partial charge in [0.05, 0.1) is 19.1 Å². The number of aromatic nitrogens is 2. The number of rotatable bonds is 4.